The van der Waals surface area contributed by atoms with Gasteiger partial charge in [-0.2, -0.15) is 5.10 Å². The van der Waals surface area contributed by atoms with Crippen molar-refractivity contribution in [3.05, 3.63) is 18.0 Å². The molecule has 3 atom stereocenters. The molecule has 1 aliphatic rings. The molecule has 2 heterocycles. The first kappa shape index (κ1) is 14.5. The van der Waals surface area contributed by atoms with Crippen molar-refractivity contribution < 1.29 is 5.11 Å². The van der Waals surface area contributed by atoms with Crippen LogP contribution in [0.4, 0.5) is 0 Å². The zero-order valence-corrected chi connectivity index (χ0v) is 12.0. The zero-order valence-electron chi connectivity index (χ0n) is 12.0. The number of rotatable bonds is 5. The third-order valence-corrected chi connectivity index (χ3v) is 3.74. The molecular weight excluding hydrogens is 242 g/mol. The van der Waals surface area contributed by atoms with Crippen LogP contribution in [0.25, 0.3) is 0 Å². The van der Waals surface area contributed by atoms with Crippen LogP contribution in [0.15, 0.2) is 12.4 Å². The van der Waals surface area contributed by atoms with E-state index in [9.17, 15) is 5.11 Å². The maximum atomic E-state index is 9.96. The molecule has 3 N–H and O–H groups in total. The lowest BCUT2D eigenvalue weighted by atomic mass is 10.1. The summed E-state index contributed by atoms with van der Waals surface area (Å²) in [6, 6.07) is 0.481. The Morgan fingerprint density at radius 2 is 2.32 bits per heavy atom. The number of nitrogens with zero attached hydrogens (tertiary/aromatic N) is 4. The van der Waals surface area contributed by atoms with Crippen LogP contribution in [-0.2, 0) is 7.05 Å². The highest BCUT2D eigenvalue weighted by molar-refractivity contribution is 5.13. The highest BCUT2D eigenvalue weighted by Crippen LogP contribution is 2.29. The topological polar surface area (TPSA) is 70.6 Å². The smallest absolute Gasteiger partial charge is 0.0682 e. The molecule has 0 saturated carbocycles. The Kier molecular flexibility index (Phi) is 4.57. The van der Waals surface area contributed by atoms with Gasteiger partial charge >= 0.3 is 0 Å². The van der Waals surface area contributed by atoms with Crippen LogP contribution in [0.5, 0.6) is 0 Å². The van der Waals surface area contributed by atoms with Crippen molar-refractivity contribution in [2.75, 3.05) is 33.7 Å². The van der Waals surface area contributed by atoms with Crippen molar-refractivity contribution in [2.45, 2.75) is 24.6 Å². The quantitative estimate of drug-likeness (QED) is 0.747. The molecule has 0 radical (unpaired) electrons. The Morgan fingerprint density at radius 1 is 1.58 bits per heavy atom. The largest absolute Gasteiger partial charge is 0.392 e. The number of aliphatic hydroxyl groups is 1. The van der Waals surface area contributed by atoms with E-state index in [0.717, 1.165) is 18.5 Å². The lowest BCUT2D eigenvalue weighted by molar-refractivity contribution is 0.139. The van der Waals surface area contributed by atoms with Crippen LogP contribution in [0, 0.1) is 0 Å². The SMILES string of the molecule is CN(C)CC1CC(O)CN1C(CN)c1cnn(C)c1. The monoisotopic (exact) mass is 267 g/mol. The van der Waals surface area contributed by atoms with Crippen molar-refractivity contribution in [1.29, 1.82) is 0 Å². The fourth-order valence-electron chi connectivity index (χ4n) is 2.97. The Labute approximate surface area is 114 Å². The number of hydrogen-bond donors (Lipinski definition) is 2. The summed E-state index contributed by atoms with van der Waals surface area (Å²) in [6.45, 7) is 2.17. The molecule has 2 rings (SSSR count). The van der Waals surface area contributed by atoms with Crippen LogP contribution in [0.2, 0.25) is 0 Å². The molecule has 0 bridgehead atoms. The molecule has 1 fully saturated rings. The lowest BCUT2D eigenvalue weighted by Crippen LogP contribution is -2.42. The summed E-state index contributed by atoms with van der Waals surface area (Å²) in [7, 11) is 6.03. The van der Waals surface area contributed by atoms with E-state index in [-0.39, 0.29) is 12.1 Å². The minimum absolute atomic E-state index is 0.135. The van der Waals surface area contributed by atoms with E-state index in [0.29, 0.717) is 19.1 Å². The third kappa shape index (κ3) is 3.33. The summed E-state index contributed by atoms with van der Waals surface area (Å²) in [6.07, 6.45) is 4.44. The van der Waals surface area contributed by atoms with Gasteiger partial charge in [0, 0.05) is 44.5 Å². The summed E-state index contributed by atoms with van der Waals surface area (Å²) < 4.78 is 1.80. The first-order valence-electron chi connectivity index (χ1n) is 6.78. The predicted molar refractivity (Wildman–Crippen MR) is 74.7 cm³/mol. The number of likely N-dealkylation sites (tertiary alicyclic amines) is 1. The lowest BCUT2D eigenvalue weighted by Gasteiger charge is -2.33. The van der Waals surface area contributed by atoms with Gasteiger partial charge in [-0.1, -0.05) is 0 Å². The zero-order chi connectivity index (χ0) is 14.0. The molecule has 19 heavy (non-hydrogen) atoms. The Hall–Kier alpha value is -0.950. The Morgan fingerprint density at radius 3 is 2.84 bits per heavy atom. The number of β-amino-alcohol motifs (C(OH)–C–C–N with tert-alkyl or cyclic N) is 1. The van der Waals surface area contributed by atoms with Gasteiger partial charge in [-0.25, -0.2) is 0 Å². The first-order chi connectivity index (χ1) is 9.01. The van der Waals surface area contributed by atoms with Gasteiger partial charge in [-0.15, -0.1) is 0 Å². The second-order valence-electron chi connectivity index (χ2n) is 5.70. The fraction of sp³-hybridized carbons (Fsp3) is 0.769. The molecule has 0 amide bonds. The third-order valence-electron chi connectivity index (χ3n) is 3.74. The van der Waals surface area contributed by atoms with Gasteiger partial charge in [0.05, 0.1) is 18.3 Å². The average molecular weight is 267 g/mol. The van der Waals surface area contributed by atoms with Crippen LogP contribution in [0.1, 0.15) is 18.0 Å². The molecule has 0 aliphatic carbocycles. The molecule has 1 saturated heterocycles. The van der Waals surface area contributed by atoms with Gasteiger partial charge in [-0.3, -0.25) is 9.58 Å². The van der Waals surface area contributed by atoms with E-state index < -0.39 is 0 Å². The van der Waals surface area contributed by atoms with Crippen LogP contribution < -0.4 is 5.73 Å². The fourth-order valence-corrected chi connectivity index (χ4v) is 2.97. The van der Waals surface area contributed by atoms with E-state index >= 15 is 0 Å². The molecule has 0 spiro atoms. The van der Waals surface area contributed by atoms with E-state index in [4.69, 9.17) is 5.73 Å². The Balaban J connectivity index is 2.16. The summed E-state index contributed by atoms with van der Waals surface area (Å²) >= 11 is 0. The van der Waals surface area contributed by atoms with Gasteiger partial charge in [0.2, 0.25) is 0 Å². The number of nitrogens with two attached hydrogens (primary N) is 1. The van der Waals surface area contributed by atoms with Gasteiger partial charge in [-0.05, 0) is 20.5 Å². The maximum absolute atomic E-state index is 9.96. The molecule has 0 aromatic carbocycles. The molecule has 108 valence electrons. The number of aromatic nitrogens is 2. The van der Waals surface area contributed by atoms with Crippen molar-refractivity contribution in [3.63, 3.8) is 0 Å². The highest BCUT2D eigenvalue weighted by Gasteiger charge is 2.36. The second-order valence-corrected chi connectivity index (χ2v) is 5.70. The van der Waals surface area contributed by atoms with Gasteiger partial charge in [0.15, 0.2) is 0 Å². The summed E-state index contributed by atoms with van der Waals surface area (Å²) in [4.78, 5) is 4.48. The molecule has 6 heteroatoms. The van der Waals surface area contributed by atoms with Crippen LogP contribution >= 0.6 is 0 Å². The van der Waals surface area contributed by atoms with E-state index in [1.807, 2.05) is 19.4 Å². The van der Waals surface area contributed by atoms with Crippen LogP contribution in [-0.4, -0.2) is 70.6 Å². The molecule has 3 unspecified atom stereocenters. The minimum Gasteiger partial charge on any atom is -0.392 e. The van der Waals surface area contributed by atoms with E-state index in [2.05, 4.69) is 29.0 Å². The molecule has 1 aromatic rings. The van der Waals surface area contributed by atoms with Gasteiger partial charge in [0.1, 0.15) is 0 Å². The van der Waals surface area contributed by atoms with Gasteiger partial charge in [0.25, 0.3) is 0 Å². The molecule has 1 aromatic heterocycles. The van der Waals surface area contributed by atoms with Crippen molar-refractivity contribution in [3.8, 4) is 0 Å². The molecule has 1 aliphatic heterocycles. The van der Waals surface area contributed by atoms with Crippen LogP contribution in [0.3, 0.4) is 0 Å². The van der Waals surface area contributed by atoms with Crippen molar-refractivity contribution >= 4 is 0 Å². The minimum atomic E-state index is -0.254. The number of aryl methyl sites for hydroxylation is 1. The first-order valence-corrected chi connectivity index (χ1v) is 6.78. The van der Waals surface area contributed by atoms with Crippen molar-refractivity contribution in [1.82, 2.24) is 19.6 Å². The van der Waals surface area contributed by atoms with Gasteiger partial charge < -0.3 is 15.7 Å². The second kappa shape index (κ2) is 6.00. The Bertz CT molecular complexity index is 405. The average Bonchev–Trinajstić information content (AvgIpc) is 2.87. The number of likely N-dealkylation sites (N-methyl/N-ethyl adjacent to an activating group) is 1. The van der Waals surface area contributed by atoms with E-state index in [1.54, 1.807) is 4.68 Å². The summed E-state index contributed by atoms with van der Waals surface area (Å²) in [5, 5.41) is 14.2. The van der Waals surface area contributed by atoms with E-state index in [1.165, 1.54) is 0 Å². The highest BCUT2D eigenvalue weighted by atomic mass is 16.3. The summed E-state index contributed by atoms with van der Waals surface area (Å²) in [5.41, 5.74) is 7.09. The summed E-state index contributed by atoms with van der Waals surface area (Å²) in [5.74, 6) is 0. The van der Waals surface area contributed by atoms with Crippen molar-refractivity contribution in [2.24, 2.45) is 12.8 Å². The number of aliphatic hydroxyl groups excluding tert-OH is 1. The maximum Gasteiger partial charge on any atom is 0.0682 e. The molecule has 6 nitrogen and oxygen atoms in total. The predicted octanol–water partition coefficient (Wildman–Crippen LogP) is -0.583. The standard InChI is InChI=1S/C13H25N5O/c1-16(2)8-11-4-12(19)9-18(11)13(5-14)10-6-15-17(3)7-10/h6-7,11-13,19H,4-5,8-9,14H2,1-3H3. The molecular formula is C13H25N5O. The number of hydrogen-bond acceptors (Lipinski definition) is 5. The normalized spacial score (nSPS) is 26.2.